The lowest BCUT2D eigenvalue weighted by atomic mass is 10.5. The Labute approximate surface area is 48.0 Å². The number of allylic oxidation sites excluding steroid dienone is 3. The Hall–Kier alpha value is -1.18. The minimum Gasteiger partial charge on any atom is -0.234 e. The van der Waals surface area contributed by atoms with Gasteiger partial charge in [0.15, 0.2) is 6.34 Å². The van der Waals surface area contributed by atoms with Crippen molar-refractivity contribution in [1.82, 2.24) is 0 Å². The lowest BCUT2D eigenvalue weighted by molar-refractivity contribution is 1.54. The summed E-state index contributed by atoms with van der Waals surface area (Å²) in [5, 5.41) is 0. The van der Waals surface area contributed by atoms with Gasteiger partial charge < -0.3 is 0 Å². The molecule has 0 bridgehead atoms. The van der Waals surface area contributed by atoms with Crippen molar-refractivity contribution in [2.75, 3.05) is 0 Å². The molecule has 1 aliphatic rings. The summed E-state index contributed by atoms with van der Waals surface area (Å²) in [6.45, 7) is 0. The van der Waals surface area contributed by atoms with Gasteiger partial charge in [-0.3, -0.25) is 0 Å². The van der Waals surface area contributed by atoms with Gasteiger partial charge in [-0.2, -0.15) is 0 Å². The smallest absolute Gasteiger partial charge is 0.197 e. The third-order valence-electron chi connectivity index (χ3n) is 0.659. The Morgan fingerprint density at radius 2 is 2.12 bits per heavy atom. The Morgan fingerprint density at radius 3 is 3.12 bits per heavy atom. The fourth-order valence-corrected chi connectivity index (χ4v) is 0.350. The van der Waals surface area contributed by atoms with E-state index >= 15 is 0 Å². The zero-order chi connectivity index (χ0) is 5.66. The first-order valence-electron chi connectivity index (χ1n) is 2.30. The van der Waals surface area contributed by atoms with Crippen LogP contribution in [0.3, 0.4) is 0 Å². The summed E-state index contributed by atoms with van der Waals surface area (Å²) in [6, 6.07) is 0. The van der Waals surface area contributed by atoms with Crippen LogP contribution in [-0.4, -0.2) is 12.6 Å². The number of aliphatic imine (C=N–C) groups is 2. The zero-order valence-electron chi connectivity index (χ0n) is 4.28. The fraction of sp³-hybridized carbons (Fsp3) is 0. The Morgan fingerprint density at radius 1 is 1.12 bits per heavy atom. The van der Waals surface area contributed by atoms with E-state index in [4.69, 9.17) is 0 Å². The van der Waals surface area contributed by atoms with Crippen molar-refractivity contribution >= 4 is 12.6 Å². The van der Waals surface area contributed by atoms with Crippen LogP contribution in [0.2, 0.25) is 0 Å². The Kier molecular flexibility index (Phi) is 1.80. The topological polar surface area (TPSA) is 24.7 Å². The highest BCUT2D eigenvalue weighted by atomic mass is 14.8. The Bertz CT molecular complexity index is 107. The molecule has 39 valence electrons. The molecule has 0 aliphatic carbocycles. The summed E-state index contributed by atoms with van der Waals surface area (Å²) in [6.07, 6.45) is 11.2. The van der Waals surface area contributed by atoms with Crippen LogP contribution in [0.4, 0.5) is 0 Å². The second-order valence-electron chi connectivity index (χ2n) is 1.23. The van der Waals surface area contributed by atoms with E-state index in [1.54, 1.807) is 12.4 Å². The molecule has 0 atom stereocenters. The third-order valence-corrected chi connectivity index (χ3v) is 0.659. The maximum absolute atomic E-state index is 3.65. The summed E-state index contributed by atoms with van der Waals surface area (Å²) in [5.41, 5.74) is 0. The van der Waals surface area contributed by atoms with Gasteiger partial charge in [-0.25, -0.2) is 9.98 Å². The van der Waals surface area contributed by atoms with Gasteiger partial charge in [0.1, 0.15) is 0 Å². The summed E-state index contributed by atoms with van der Waals surface area (Å²) >= 11 is 0. The van der Waals surface area contributed by atoms with Crippen molar-refractivity contribution in [3.05, 3.63) is 24.4 Å². The molecule has 0 aromatic carbocycles. The minimum absolute atomic E-state index is 1.63. The highest BCUT2D eigenvalue weighted by molar-refractivity contribution is 5.80. The summed E-state index contributed by atoms with van der Waals surface area (Å²) in [7, 11) is 0. The molecule has 8 heavy (non-hydrogen) atoms. The molecule has 0 saturated heterocycles. The summed E-state index contributed by atoms with van der Waals surface area (Å²) < 4.78 is 0. The maximum atomic E-state index is 3.65. The average Bonchev–Trinajstić information content (AvgIpc) is 1.62. The molecular weight excluding hydrogens is 100 g/mol. The molecule has 2 heteroatoms. The normalized spacial score (nSPS) is 16.0. The molecule has 0 fully saturated rings. The van der Waals surface area contributed by atoms with E-state index in [1.807, 2.05) is 18.2 Å². The van der Waals surface area contributed by atoms with Crippen molar-refractivity contribution in [2.45, 2.75) is 0 Å². The SMILES string of the molecule is [C]1=NC=CC=CC=N1. The van der Waals surface area contributed by atoms with Gasteiger partial charge in [-0.05, 0) is 12.2 Å². The van der Waals surface area contributed by atoms with Crippen LogP contribution in [-0.2, 0) is 0 Å². The molecule has 0 unspecified atom stereocenters. The van der Waals surface area contributed by atoms with Gasteiger partial charge in [-0.1, -0.05) is 6.08 Å². The highest BCUT2D eigenvalue weighted by Crippen LogP contribution is 1.79. The monoisotopic (exact) mass is 105 g/mol. The third kappa shape index (κ3) is 1.51. The van der Waals surface area contributed by atoms with Crippen molar-refractivity contribution in [3.8, 4) is 0 Å². The maximum Gasteiger partial charge on any atom is 0.197 e. The van der Waals surface area contributed by atoms with E-state index < -0.39 is 0 Å². The molecule has 1 rings (SSSR count). The first-order valence-corrected chi connectivity index (χ1v) is 2.30. The molecular formula is C6H5N2. The molecule has 0 N–H and O–H groups in total. The van der Waals surface area contributed by atoms with E-state index in [1.165, 1.54) is 0 Å². The predicted octanol–water partition coefficient (Wildman–Crippen LogP) is 1.05. The van der Waals surface area contributed by atoms with Crippen LogP contribution in [0, 0.1) is 0 Å². The average molecular weight is 105 g/mol. The molecule has 0 saturated carbocycles. The molecule has 0 aromatic rings. The number of hydrogen-bond donors (Lipinski definition) is 0. The van der Waals surface area contributed by atoms with E-state index in [0.29, 0.717) is 0 Å². The van der Waals surface area contributed by atoms with Crippen LogP contribution in [0.15, 0.2) is 34.4 Å². The van der Waals surface area contributed by atoms with Crippen LogP contribution in [0.5, 0.6) is 0 Å². The molecule has 0 amide bonds. The van der Waals surface area contributed by atoms with Crippen molar-refractivity contribution in [2.24, 2.45) is 9.98 Å². The lowest BCUT2D eigenvalue weighted by Crippen LogP contribution is -1.69. The van der Waals surface area contributed by atoms with Gasteiger partial charge in [0.2, 0.25) is 0 Å². The molecule has 2 nitrogen and oxygen atoms in total. The van der Waals surface area contributed by atoms with Gasteiger partial charge in [-0.15, -0.1) is 0 Å². The van der Waals surface area contributed by atoms with E-state index in [-0.39, 0.29) is 0 Å². The fourth-order valence-electron chi connectivity index (χ4n) is 0.350. The summed E-state index contributed by atoms with van der Waals surface area (Å²) in [4.78, 5) is 7.30. The van der Waals surface area contributed by atoms with Crippen LogP contribution >= 0.6 is 0 Å². The van der Waals surface area contributed by atoms with E-state index in [2.05, 4.69) is 16.3 Å². The second kappa shape index (κ2) is 2.91. The quantitative estimate of drug-likeness (QED) is 0.440. The van der Waals surface area contributed by atoms with Crippen molar-refractivity contribution < 1.29 is 0 Å². The molecule has 1 aliphatic heterocycles. The van der Waals surface area contributed by atoms with Crippen molar-refractivity contribution in [3.63, 3.8) is 0 Å². The van der Waals surface area contributed by atoms with Crippen LogP contribution < -0.4 is 0 Å². The van der Waals surface area contributed by atoms with Gasteiger partial charge in [0.05, 0.1) is 0 Å². The lowest BCUT2D eigenvalue weighted by Gasteiger charge is -1.76. The van der Waals surface area contributed by atoms with Gasteiger partial charge in [0.25, 0.3) is 0 Å². The largest absolute Gasteiger partial charge is 0.234 e. The zero-order valence-corrected chi connectivity index (χ0v) is 4.28. The first kappa shape index (κ1) is 4.97. The number of nitrogens with zero attached hydrogens (tertiary/aromatic N) is 2. The molecule has 1 heterocycles. The first-order chi connectivity index (χ1) is 4.00. The van der Waals surface area contributed by atoms with Gasteiger partial charge >= 0.3 is 0 Å². The molecule has 0 aromatic heterocycles. The minimum atomic E-state index is 1.63. The van der Waals surface area contributed by atoms with Crippen molar-refractivity contribution in [1.29, 1.82) is 0 Å². The van der Waals surface area contributed by atoms with Crippen LogP contribution in [0.1, 0.15) is 0 Å². The van der Waals surface area contributed by atoms with Crippen LogP contribution in [0.25, 0.3) is 0 Å². The number of rotatable bonds is 0. The predicted molar refractivity (Wildman–Crippen MR) is 34.2 cm³/mol. The number of hydrogen-bond acceptors (Lipinski definition) is 2. The standard InChI is InChI=1S/C6H5N2/c1-2-4-7-6-8-5-3-1/h1-5H. The Balaban J connectivity index is 2.67. The summed E-state index contributed by atoms with van der Waals surface area (Å²) in [5.74, 6) is 0. The highest BCUT2D eigenvalue weighted by Gasteiger charge is 1.67. The van der Waals surface area contributed by atoms with E-state index in [0.717, 1.165) is 0 Å². The van der Waals surface area contributed by atoms with Gasteiger partial charge in [0, 0.05) is 12.4 Å². The molecule has 1 radical (unpaired) electrons. The van der Waals surface area contributed by atoms with E-state index in [9.17, 15) is 0 Å². The molecule has 0 spiro atoms. The second-order valence-corrected chi connectivity index (χ2v) is 1.23.